The highest BCUT2D eigenvalue weighted by Crippen LogP contribution is 2.29. The smallest absolute Gasteiger partial charge is 0.244 e. The summed E-state index contributed by atoms with van der Waals surface area (Å²) in [7, 11) is -2.35. The van der Waals surface area contributed by atoms with Crippen molar-refractivity contribution in [1.82, 2.24) is 10.2 Å². The predicted molar refractivity (Wildman–Crippen MR) is 141 cm³/mol. The third kappa shape index (κ3) is 6.25. The molecule has 0 aromatic heterocycles. The molecular weight excluding hydrogens is 509 g/mol. The number of fused-ring (bicyclic) bond motifs is 1. The Bertz CT molecular complexity index is 1340. The molecule has 0 radical (unpaired) electrons. The summed E-state index contributed by atoms with van der Waals surface area (Å²) in [6.45, 7) is 1.31. The highest BCUT2D eigenvalue weighted by Gasteiger charge is 2.32. The number of hydrogen-bond acceptors (Lipinski definition) is 4. The molecule has 186 valence electrons. The van der Waals surface area contributed by atoms with Crippen molar-refractivity contribution in [2.45, 2.75) is 25.9 Å². The van der Waals surface area contributed by atoms with E-state index < -0.39 is 28.5 Å². The number of anilines is 1. The van der Waals surface area contributed by atoms with Crippen LogP contribution in [0, 0.1) is 0 Å². The highest BCUT2D eigenvalue weighted by atomic mass is 35.5. The molecule has 0 fully saturated rings. The molecule has 10 heteroatoms. The predicted octanol–water partition coefficient (Wildman–Crippen LogP) is 4.47. The second-order valence-corrected chi connectivity index (χ2v) is 10.8. The van der Waals surface area contributed by atoms with Crippen molar-refractivity contribution in [3.05, 3.63) is 76.3 Å². The minimum Gasteiger partial charge on any atom is -0.357 e. The third-order valence-electron chi connectivity index (χ3n) is 5.70. The van der Waals surface area contributed by atoms with Crippen LogP contribution in [0.4, 0.5) is 5.69 Å². The number of nitrogens with zero attached hydrogens (tertiary/aromatic N) is 2. The number of sulfonamides is 1. The number of likely N-dealkylation sites (N-methyl/N-ethyl adjacent to an activating group) is 1. The SMILES string of the molecule is CC[C@@H](C(=O)NC)N(Cc1ccc(Cl)cc1Cl)C(=O)CN(c1cccc2ccccc12)S(C)(=O)=O. The molecule has 0 unspecified atom stereocenters. The number of hydrogen-bond donors (Lipinski definition) is 1. The van der Waals surface area contributed by atoms with Crippen LogP contribution in [0.2, 0.25) is 10.0 Å². The summed E-state index contributed by atoms with van der Waals surface area (Å²) < 4.78 is 26.8. The first kappa shape index (κ1) is 26.8. The van der Waals surface area contributed by atoms with Crippen LogP contribution in [0.1, 0.15) is 18.9 Å². The lowest BCUT2D eigenvalue weighted by Crippen LogP contribution is -2.51. The molecule has 0 aliphatic heterocycles. The van der Waals surface area contributed by atoms with Crippen LogP contribution >= 0.6 is 23.2 Å². The van der Waals surface area contributed by atoms with Gasteiger partial charge < -0.3 is 10.2 Å². The summed E-state index contributed by atoms with van der Waals surface area (Å²) in [5, 5.41) is 4.90. The quantitative estimate of drug-likeness (QED) is 0.438. The molecule has 0 aliphatic rings. The van der Waals surface area contributed by atoms with E-state index in [0.29, 0.717) is 33.1 Å². The summed E-state index contributed by atoms with van der Waals surface area (Å²) in [5.41, 5.74) is 0.972. The van der Waals surface area contributed by atoms with Crippen LogP contribution in [0.5, 0.6) is 0 Å². The van der Waals surface area contributed by atoms with Crippen LogP contribution < -0.4 is 9.62 Å². The van der Waals surface area contributed by atoms with Crippen LogP contribution in [-0.4, -0.2) is 51.0 Å². The van der Waals surface area contributed by atoms with E-state index in [1.807, 2.05) is 24.3 Å². The van der Waals surface area contributed by atoms with Gasteiger partial charge in [0.2, 0.25) is 21.8 Å². The molecule has 2 amide bonds. The fourth-order valence-electron chi connectivity index (χ4n) is 3.94. The minimum atomic E-state index is -3.84. The monoisotopic (exact) mass is 535 g/mol. The lowest BCUT2D eigenvalue weighted by molar-refractivity contribution is -0.140. The van der Waals surface area contributed by atoms with Gasteiger partial charge in [0.1, 0.15) is 12.6 Å². The molecule has 35 heavy (non-hydrogen) atoms. The van der Waals surface area contributed by atoms with Crippen molar-refractivity contribution in [1.29, 1.82) is 0 Å². The highest BCUT2D eigenvalue weighted by molar-refractivity contribution is 7.92. The zero-order valence-electron chi connectivity index (χ0n) is 19.7. The Morgan fingerprint density at radius 1 is 1.03 bits per heavy atom. The average Bonchev–Trinajstić information content (AvgIpc) is 2.82. The Balaban J connectivity index is 2.05. The van der Waals surface area contributed by atoms with Gasteiger partial charge in [-0.1, -0.05) is 72.6 Å². The van der Waals surface area contributed by atoms with Crippen LogP contribution in [-0.2, 0) is 26.2 Å². The number of carbonyl (C=O) groups is 2. The van der Waals surface area contributed by atoms with Crippen molar-refractivity contribution in [3.8, 4) is 0 Å². The van der Waals surface area contributed by atoms with Gasteiger partial charge in [0, 0.05) is 29.0 Å². The van der Waals surface area contributed by atoms with Gasteiger partial charge in [0.15, 0.2) is 0 Å². The Hall–Kier alpha value is -2.81. The fourth-order valence-corrected chi connectivity index (χ4v) is 5.27. The zero-order valence-corrected chi connectivity index (χ0v) is 22.0. The first-order chi connectivity index (χ1) is 16.6. The maximum atomic E-state index is 13.7. The molecule has 3 rings (SSSR count). The minimum absolute atomic E-state index is 0.00784. The number of amides is 2. The van der Waals surface area contributed by atoms with Crippen LogP contribution in [0.15, 0.2) is 60.7 Å². The molecule has 0 bridgehead atoms. The summed E-state index contributed by atoms with van der Waals surface area (Å²) in [4.78, 5) is 27.7. The van der Waals surface area contributed by atoms with E-state index in [4.69, 9.17) is 23.2 Å². The molecule has 7 nitrogen and oxygen atoms in total. The van der Waals surface area contributed by atoms with Crippen molar-refractivity contribution < 1.29 is 18.0 Å². The Labute approximate surface area is 215 Å². The summed E-state index contributed by atoms with van der Waals surface area (Å²) >= 11 is 12.4. The molecule has 0 heterocycles. The lowest BCUT2D eigenvalue weighted by Gasteiger charge is -2.33. The second kappa shape index (κ2) is 11.3. The van der Waals surface area contributed by atoms with Crippen LogP contribution in [0.3, 0.4) is 0 Å². The van der Waals surface area contributed by atoms with Gasteiger partial charge in [-0.15, -0.1) is 0 Å². The topological polar surface area (TPSA) is 86.8 Å². The Kier molecular flexibility index (Phi) is 8.64. The van der Waals surface area contributed by atoms with Gasteiger partial charge in [-0.25, -0.2) is 8.42 Å². The number of rotatable bonds is 9. The van der Waals surface area contributed by atoms with E-state index in [0.717, 1.165) is 15.9 Å². The first-order valence-corrected chi connectivity index (χ1v) is 13.6. The van der Waals surface area contributed by atoms with Gasteiger partial charge in [-0.3, -0.25) is 13.9 Å². The van der Waals surface area contributed by atoms with Crippen molar-refractivity contribution in [2.75, 3.05) is 24.2 Å². The van der Waals surface area contributed by atoms with Crippen molar-refractivity contribution in [3.63, 3.8) is 0 Å². The largest absolute Gasteiger partial charge is 0.357 e. The molecular formula is C25H27Cl2N3O4S. The van der Waals surface area contributed by atoms with E-state index in [9.17, 15) is 18.0 Å². The fraction of sp³-hybridized carbons (Fsp3) is 0.280. The molecule has 0 saturated heterocycles. The van der Waals surface area contributed by atoms with Crippen molar-refractivity contribution in [2.24, 2.45) is 0 Å². The second-order valence-electron chi connectivity index (χ2n) is 8.06. The van der Waals surface area contributed by atoms with E-state index in [-0.39, 0.29) is 12.5 Å². The van der Waals surface area contributed by atoms with E-state index in [1.165, 1.54) is 11.9 Å². The third-order valence-corrected chi connectivity index (χ3v) is 7.42. The lowest BCUT2D eigenvalue weighted by atomic mass is 10.1. The summed E-state index contributed by atoms with van der Waals surface area (Å²) in [6, 6.07) is 16.7. The van der Waals surface area contributed by atoms with Gasteiger partial charge >= 0.3 is 0 Å². The molecule has 0 aliphatic carbocycles. The average molecular weight is 536 g/mol. The maximum absolute atomic E-state index is 13.7. The van der Waals surface area contributed by atoms with Gasteiger partial charge in [0.05, 0.1) is 11.9 Å². The summed E-state index contributed by atoms with van der Waals surface area (Å²) in [6.07, 6.45) is 1.38. The van der Waals surface area contributed by atoms with Gasteiger partial charge in [-0.05, 0) is 35.6 Å². The van der Waals surface area contributed by atoms with Crippen LogP contribution in [0.25, 0.3) is 10.8 Å². The van der Waals surface area contributed by atoms with E-state index >= 15 is 0 Å². The maximum Gasteiger partial charge on any atom is 0.244 e. The number of benzene rings is 3. The van der Waals surface area contributed by atoms with Gasteiger partial charge in [0.25, 0.3) is 0 Å². The van der Waals surface area contributed by atoms with Crippen molar-refractivity contribution >= 4 is 61.5 Å². The molecule has 1 atom stereocenters. The molecule has 3 aromatic carbocycles. The molecule has 3 aromatic rings. The first-order valence-electron chi connectivity index (χ1n) is 11.0. The number of nitrogens with one attached hydrogen (secondary N) is 1. The Morgan fingerprint density at radius 3 is 2.34 bits per heavy atom. The number of carbonyl (C=O) groups excluding carboxylic acids is 2. The Morgan fingerprint density at radius 2 is 1.71 bits per heavy atom. The molecule has 1 N–H and O–H groups in total. The van der Waals surface area contributed by atoms with E-state index in [1.54, 1.807) is 43.3 Å². The normalized spacial score (nSPS) is 12.3. The molecule has 0 saturated carbocycles. The standard InChI is InChI=1S/C25H27Cl2N3O4S/c1-4-22(25(32)28-2)29(15-18-12-13-19(26)14-21(18)27)24(31)16-30(35(3,33)34)23-11-7-9-17-8-5-6-10-20(17)23/h5-14,22H,4,15-16H2,1-3H3,(H,28,32)/t22-/m0/s1. The number of halogens is 2. The van der Waals surface area contributed by atoms with E-state index in [2.05, 4.69) is 5.32 Å². The van der Waals surface area contributed by atoms with Gasteiger partial charge in [-0.2, -0.15) is 0 Å². The molecule has 0 spiro atoms. The summed E-state index contributed by atoms with van der Waals surface area (Å²) in [5.74, 6) is -0.896. The zero-order chi connectivity index (χ0) is 25.8.